The summed E-state index contributed by atoms with van der Waals surface area (Å²) in [6, 6.07) is 15.3. The van der Waals surface area contributed by atoms with Gasteiger partial charge in [0.05, 0.1) is 12.6 Å². The molecule has 2 aromatic rings. The van der Waals surface area contributed by atoms with E-state index in [9.17, 15) is 0 Å². The molecule has 1 atom stereocenters. The van der Waals surface area contributed by atoms with E-state index in [-0.39, 0.29) is 0 Å². The number of aryl methyl sites for hydroxylation is 1. The van der Waals surface area contributed by atoms with Gasteiger partial charge in [0.25, 0.3) is 0 Å². The summed E-state index contributed by atoms with van der Waals surface area (Å²) in [5.41, 5.74) is 3.66. The third kappa shape index (κ3) is 6.06. The van der Waals surface area contributed by atoms with Crippen LogP contribution in [0.4, 0.5) is 0 Å². The Kier molecular flexibility index (Phi) is 7.85. The molecule has 0 saturated carbocycles. The van der Waals surface area contributed by atoms with Gasteiger partial charge >= 0.3 is 0 Å². The number of aliphatic imine (C=N–C) groups is 1. The van der Waals surface area contributed by atoms with Gasteiger partial charge in [-0.05, 0) is 63.4 Å². The number of guanidine groups is 1. The highest BCUT2D eigenvalue weighted by molar-refractivity contribution is 5.79. The van der Waals surface area contributed by atoms with Crippen LogP contribution in [0.25, 0.3) is 0 Å². The topological polar surface area (TPSA) is 52.6 Å². The first kappa shape index (κ1) is 20.3. The lowest BCUT2D eigenvalue weighted by Crippen LogP contribution is -2.39. The van der Waals surface area contributed by atoms with Crippen molar-refractivity contribution < 1.29 is 0 Å². The summed E-state index contributed by atoms with van der Waals surface area (Å²) < 4.78 is 0. The molecule has 0 amide bonds. The van der Waals surface area contributed by atoms with Crippen LogP contribution in [0.5, 0.6) is 0 Å². The molecule has 0 aliphatic carbocycles. The second-order valence-corrected chi connectivity index (χ2v) is 7.37. The van der Waals surface area contributed by atoms with Gasteiger partial charge in [0.15, 0.2) is 5.96 Å². The maximum Gasteiger partial charge on any atom is 0.191 e. The van der Waals surface area contributed by atoms with Crippen LogP contribution >= 0.6 is 0 Å². The molecule has 0 radical (unpaired) electrons. The first-order chi connectivity index (χ1) is 13.8. The molecule has 1 aliphatic heterocycles. The minimum absolute atomic E-state index is 0.348. The molecule has 1 unspecified atom stereocenters. The standard InChI is InChI=1S/C23H33N5/c1-3-24-23(25-14-13-20-12-11-19(2)26-17-20)27-18-22(28-15-7-8-16-28)21-9-5-4-6-10-21/h4-6,9-12,17,22H,3,7-8,13-16,18H2,1-2H3,(H2,24,25,27). The second-order valence-electron chi connectivity index (χ2n) is 7.37. The Morgan fingerprint density at radius 1 is 1.11 bits per heavy atom. The van der Waals surface area contributed by atoms with Gasteiger partial charge in [0.2, 0.25) is 0 Å². The highest BCUT2D eigenvalue weighted by atomic mass is 15.2. The highest BCUT2D eigenvalue weighted by Crippen LogP contribution is 2.25. The third-order valence-corrected chi connectivity index (χ3v) is 5.21. The van der Waals surface area contributed by atoms with E-state index in [1.807, 2.05) is 13.1 Å². The predicted molar refractivity (Wildman–Crippen MR) is 117 cm³/mol. The second kappa shape index (κ2) is 10.8. The average molecular weight is 380 g/mol. The van der Waals surface area contributed by atoms with Crippen LogP contribution in [0.1, 0.15) is 42.6 Å². The molecular weight excluding hydrogens is 346 g/mol. The van der Waals surface area contributed by atoms with Crippen molar-refractivity contribution in [3.8, 4) is 0 Å². The summed E-state index contributed by atoms with van der Waals surface area (Å²) >= 11 is 0. The predicted octanol–water partition coefficient (Wildman–Crippen LogP) is 3.32. The number of likely N-dealkylation sites (tertiary alicyclic amines) is 1. The molecule has 1 aliphatic rings. The molecule has 1 aromatic carbocycles. The van der Waals surface area contributed by atoms with Crippen LogP contribution < -0.4 is 10.6 Å². The Labute approximate surface area is 169 Å². The van der Waals surface area contributed by atoms with Gasteiger partial charge in [-0.3, -0.25) is 14.9 Å². The molecule has 0 bridgehead atoms. The van der Waals surface area contributed by atoms with E-state index in [0.717, 1.165) is 37.7 Å². The van der Waals surface area contributed by atoms with Crippen LogP contribution in [-0.4, -0.2) is 48.6 Å². The van der Waals surface area contributed by atoms with Gasteiger partial charge in [-0.1, -0.05) is 36.4 Å². The van der Waals surface area contributed by atoms with Crippen LogP contribution in [0.15, 0.2) is 53.7 Å². The van der Waals surface area contributed by atoms with E-state index in [2.05, 4.69) is 69.9 Å². The monoisotopic (exact) mass is 379 g/mol. The normalized spacial score (nSPS) is 16.1. The molecule has 1 saturated heterocycles. The Bertz CT molecular complexity index is 720. The zero-order valence-electron chi connectivity index (χ0n) is 17.2. The number of aromatic nitrogens is 1. The number of benzene rings is 1. The molecule has 2 N–H and O–H groups in total. The SMILES string of the molecule is CCNC(=NCC(c1ccccc1)N1CCCC1)NCCc1ccc(C)nc1. The fourth-order valence-electron chi connectivity index (χ4n) is 3.65. The lowest BCUT2D eigenvalue weighted by atomic mass is 10.1. The van der Waals surface area contributed by atoms with Crippen molar-refractivity contribution in [3.05, 3.63) is 65.5 Å². The van der Waals surface area contributed by atoms with Crippen LogP contribution in [0.3, 0.4) is 0 Å². The zero-order chi connectivity index (χ0) is 19.6. The van der Waals surface area contributed by atoms with Crippen molar-refractivity contribution >= 4 is 5.96 Å². The molecule has 0 spiro atoms. The zero-order valence-corrected chi connectivity index (χ0v) is 17.2. The number of hydrogen-bond donors (Lipinski definition) is 2. The summed E-state index contributed by atoms with van der Waals surface area (Å²) in [4.78, 5) is 11.9. The maximum absolute atomic E-state index is 4.92. The average Bonchev–Trinajstić information content (AvgIpc) is 3.25. The maximum atomic E-state index is 4.92. The Hall–Kier alpha value is -2.40. The fraction of sp³-hybridized carbons (Fsp3) is 0.478. The van der Waals surface area contributed by atoms with Gasteiger partial charge in [-0.2, -0.15) is 0 Å². The minimum Gasteiger partial charge on any atom is -0.357 e. The number of rotatable bonds is 8. The summed E-state index contributed by atoms with van der Waals surface area (Å²) in [6.45, 7) is 8.93. The lowest BCUT2D eigenvalue weighted by Gasteiger charge is -2.27. The van der Waals surface area contributed by atoms with Crippen molar-refractivity contribution in [3.63, 3.8) is 0 Å². The van der Waals surface area contributed by atoms with Crippen molar-refractivity contribution in [2.75, 3.05) is 32.7 Å². The highest BCUT2D eigenvalue weighted by Gasteiger charge is 2.23. The number of pyridine rings is 1. The van der Waals surface area contributed by atoms with Crippen molar-refractivity contribution in [2.45, 2.75) is 39.2 Å². The number of nitrogens with zero attached hydrogens (tertiary/aromatic N) is 3. The van der Waals surface area contributed by atoms with Crippen molar-refractivity contribution in [1.29, 1.82) is 0 Å². The smallest absolute Gasteiger partial charge is 0.191 e. The molecule has 3 rings (SSSR count). The Morgan fingerprint density at radius 2 is 1.89 bits per heavy atom. The lowest BCUT2D eigenvalue weighted by molar-refractivity contribution is 0.251. The van der Waals surface area contributed by atoms with E-state index in [4.69, 9.17) is 4.99 Å². The fourth-order valence-corrected chi connectivity index (χ4v) is 3.65. The minimum atomic E-state index is 0.348. The van der Waals surface area contributed by atoms with Gasteiger partial charge < -0.3 is 10.6 Å². The number of nitrogens with one attached hydrogen (secondary N) is 2. The number of hydrogen-bond acceptors (Lipinski definition) is 3. The summed E-state index contributed by atoms with van der Waals surface area (Å²) in [5.74, 6) is 0.891. The summed E-state index contributed by atoms with van der Waals surface area (Å²) in [6.07, 6.45) is 5.47. The summed E-state index contributed by atoms with van der Waals surface area (Å²) in [7, 11) is 0. The Balaban J connectivity index is 1.61. The molecule has 5 nitrogen and oxygen atoms in total. The first-order valence-electron chi connectivity index (χ1n) is 10.5. The van der Waals surface area contributed by atoms with Crippen LogP contribution in [0.2, 0.25) is 0 Å². The molecule has 1 aromatic heterocycles. The van der Waals surface area contributed by atoms with E-state index >= 15 is 0 Å². The summed E-state index contributed by atoms with van der Waals surface area (Å²) in [5, 5.41) is 6.85. The third-order valence-electron chi connectivity index (χ3n) is 5.21. The van der Waals surface area contributed by atoms with Gasteiger partial charge in [-0.15, -0.1) is 0 Å². The van der Waals surface area contributed by atoms with Gasteiger partial charge in [0.1, 0.15) is 0 Å². The van der Waals surface area contributed by atoms with E-state index in [0.29, 0.717) is 6.04 Å². The van der Waals surface area contributed by atoms with Gasteiger partial charge in [0, 0.05) is 25.0 Å². The van der Waals surface area contributed by atoms with E-state index in [1.165, 1.54) is 37.1 Å². The van der Waals surface area contributed by atoms with E-state index in [1.54, 1.807) is 0 Å². The Morgan fingerprint density at radius 3 is 2.57 bits per heavy atom. The van der Waals surface area contributed by atoms with Crippen LogP contribution in [0, 0.1) is 6.92 Å². The van der Waals surface area contributed by atoms with Gasteiger partial charge in [-0.25, -0.2) is 0 Å². The molecular formula is C23H33N5. The molecule has 2 heterocycles. The molecule has 5 heteroatoms. The van der Waals surface area contributed by atoms with Crippen molar-refractivity contribution in [2.24, 2.45) is 4.99 Å². The van der Waals surface area contributed by atoms with E-state index < -0.39 is 0 Å². The molecule has 1 fully saturated rings. The first-order valence-corrected chi connectivity index (χ1v) is 10.5. The van der Waals surface area contributed by atoms with Crippen LogP contribution in [-0.2, 0) is 6.42 Å². The van der Waals surface area contributed by atoms with Crippen molar-refractivity contribution in [1.82, 2.24) is 20.5 Å². The molecule has 28 heavy (non-hydrogen) atoms. The largest absolute Gasteiger partial charge is 0.357 e. The molecule has 150 valence electrons. The quantitative estimate of drug-likeness (QED) is 0.546.